The van der Waals surface area contributed by atoms with Gasteiger partial charge in [0.1, 0.15) is 6.10 Å². The fourth-order valence-electron chi connectivity index (χ4n) is 1.32. The molecule has 1 aliphatic heterocycles. The molecule has 76 valence electrons. The molecule has 0 aliphatic carbocycles. The summed E-state index contributed by atoms with van der Waals surface area (Å²) in [6, 6.07) is 3.11. The summed E-state index contributed by atoms with van der Waals surface area (Å²) in [5, 5.41) is 4.01. The quantitative estimate of drug-likeness (QED) is 0.722. The van der Waals surface area contributed by atoms with E-state index in [0.717, 1.165) is 17.9 Å². The normalized spacial score (nSPS) is 21.1. The number of rotatable bonds is 2. The van der Waals surface area contributed by atoms with Gasteiger partial charge in [-0.15, -0.1) is 5.10 Å². The Balaban J connectivity index is 2.09. The summed E-state index contributed by atoms with van der Waals surface area (Å²) < 4.78 is 6.91. The maximum atomic E-state index is 11.0. The van der Waals surface area contributed by atoms with Gasteiger partial charge in [0.25, 0.3) is 5.56 Å². The molecule has 1 atom stereocenters. The SMILES string of the molecule is Cn1nc(OC2CCSC2)ccc1=O. The molecule has 2 heterocycles. The molecule has 14 heavy (non-hydrogen) atoms. The number of thioether (sulfide) groups is 1. The van der Waals surface area contributed by atoms with Crippen LogP contribution in [0.25, 0.3) is 0 Å². The molecule has 0 N–H and O–H groups in total. The Labute approximate surface area is 86.3 Å². The maximum absolute atomic E-state index is 11.0. The zero-order valence-corrected chi connectivity index (χ0v) is 8.79. The molecule has 2 rings (SSSR count). The molecular weight excluding hydrogens is 200 g/mol. The first kappa shape index (κ1) is 9.58. The number of nitrogens with zero attached hydrogens (tertiary/aromatic N) is 2. The minimum Gasteiger partial charge on any atom is -0.472 e. The molecule has 1 aromatic heterocycles. The van der Waals surface area contributed by atoms with Crippen molar-refractivity contribution in [2.75, 3.05) is 11.5 Å². The van der Waals surface area contributed by atoms with Crippen molar-refractivity contribution >= 4 is 11.8 Å². The van der Waals surface area contributed by atoms with Gasteiger partial charge < -0.3 is 4.74 Å². The molecule has 5 heteroatoms. The lowest BCUT2D eigenvalue weighted by Gasteiger charge is -2.11. The van der Waals surface area contributed by atoms with Crippen LogP contribution in [-0.2, 0) is 7.05 Å². The van der Waals surface area contributed by atoms with Gasteiger partial charge >= 0.3 is 0 Å². The molecule has 0 amide bonds. The lowest BCUT2D eigenvalue weighted by atomic mass is 10.3. The smallest absolute Gasteiger partial charge is 0.266 e. The van der Waals surface area contributed by atoms with E-state index < -0.39 is 0 Å². The Morgan fingerprint density at radius 1 is 1.64 bits per heavy atom. The first-order valence-electron chi connectivity index (χ1n) is 4.54. The summed E-state index contributed by atoms with van der Waals surface area (Å²) >= 11 is 1.89. The summed E-state index contributed by atoms with van der Waals surface area (Å²) in [6.07, 6.45) is 1.32. The van der Waals surface area contributed by atoms with E-state index in [4.69, 9.17) is 4.74 Å². The van der Waals surface area contributed by atoms with E-state index in [9.17, 15) is 4.79 Å². The molecule has 1 saturated heterocycles. The second kappa shape index (κ2) is 4.04. The third-order valence-corrected chi connectivity index (χ3v) is 3.24. The van der Waals surface area contributed by atoms with Crippen LogP contribution in [0.3, 0.4) is 0 Å². The van der Waals surface area contributed by atoms with Gasteiger partial charge in [-0.25, -0.2) is 4.68 Å². The standard InChI is InChI=1S/C9H12N2O2S/c1-11-9(12)3-2-8(10-11)13-7-4-5-14-6-7/h2-3,7H,4-6H2,1H3. The molecule has 1 fully saturated rings. The molecule has 1 aromatic rings. The Bertz CT molecular complexity index is 371. The second-order valence-corrected chi connectivity index (χ2v) is 4.39. The Hall–Kier alpha value is -0.970. The summed E-state index contributed by atoms with van der Waals surface area (Å²) in [5.41, 5.74) is -0.113. The highest BCUT2D eigenvalue weighted by atomic mass is 32.2. The molecule has 1 aliphatic rings. The van der Waals surface area contributed by atoms with Gasteiger partial charge in [-0.1, -0.05) is 0 Å². The van der Waals surface area contributed by atoms with Gasteiger partial charge in [-0.05, 0) is 12.2 Å². The van der Waals surface area contributed by atoms with Gasteiger partial charge in [0.15, 0.2) is 0 Å². The van der Waals surface area contributed by atoms with Crippen LogP contribution in [0.5, 0.6) is 5.88 Å². The predicted molar refractivity (Wildman–Crippen MR) is 55.8 cm³/mol. The summed E-state index contributed by atoms with van der Waals surface area (Å²) in [7, 11) is 1.62. The van der Waals surface area contributed by atoms with Crippen LogP contribution in [-0.4, -0.2) is 27.4 Å². The van der Waals surface area contributed by atoms with Crippen molar-refractivity contribution in [3.05, 3.63) is 22.5 Å². The lowest BCUT2D eigenvalue weighted by molar-refractivity contribution is 0.214. The molecule has 4 nitrogen and oxygen atoms in total. The molecule has 0 radical (unpaired) electrons. The van der Waals surface area contributed by atoms with Crippen molar-refractivity contribution in [3.8, 4) is 5.88 Å². The average Bonchev–Trinajstić information content (AvgIpc) is 2.64. The largest absolute Gasteiger partial charge is 0.472 e. The first-order valence-corrected chi connectivity index (χ1v) is 5.70. The van der Waals surface area contributed by atoms with Crippen LogP contribution in [0.2, 0.25) is 0 Å². The van der Waals surface area contributed by atoms with Crippen LogP contribution in [0, 0.1) is 0 Å². The van der Waals surface area contributed by atoms with Gasteiger partial charge in [0.2, 0.25) is 5.88 Å². The maximum Gasteiger partial charge on any atom is 0.266 e. The van der Waals surface area contributed by atoms with Crippen molar-refractivity contribution in [1.82, 2.24) is 9.78 Å². The van der Waals surface area contributed by atoms with Crippen LogP contribution in [0.15, 0.2) is 16.9 Å². The number of aromatic nitrogens is 2. The van der Waals surface area contributed by atoms with Crippen molar-refractivity contribution in [3.63, 3.8) is 0 Å². The molecule has 0 saturated carbocycles. The van der Waals surface area contributed by atoms with E-state index in [0.29, 0.717) is 5.88 Å². The molecule has 0 aromatic carbocycles. The minimum atomic E-state index is -0.113. The van der Waals surface area contributed by atoms with E-state index in [1.54, 1.807) is 13.1 Å². The first-order chi connectivity index (χ1) is 6.75. The van der Waals surface area contributed by atoms with Gasteiger partial charge in [0, 0.05) is 24.9 Å². The highest BCUT2D eigenvalue weighted by molar-refractivity contribution is 7.99. The van der Waals surface area contributed by atoms with Crippen molar-refractivity contribution < 1.29 is 4.74 Å². The fraction of sp³-hybridized carbons (Fsp3) is 0.556. The van der Waals surface area contributed by atoms with Gasteiger partial charge in [-0.3, -0.25) is 4.79 Å². The number of hydrogen-bond donors (Lipinski definition) is 0. The zero-order valence-electron chi connectivity index (χ0n) is 7.97. The predicted octanol–water partition coefficient (Wildman–Crippen LogP) is 0.665. The van der Waals surface area contributed by atoms with E-state index >= 15 is 0 Å². The van der Waals surface area contributed by atoms with Crippen LogP contribution >= 0.6 is 11.8 Å². The Morgan fingerprint density at radius 2 is 2.50 bits per heavy atom. The molecular formula is C9H12N2O2S. The topological polar surface area (TPSA) is 44.1 Å². The number of aryl methyl sites for hydroxylation is 1. The minimum absolute atomic E-state index is 0.113. The summed E-state index contributed by atoms with van der Waals surface area (Å²) in [6.45, 7) is 0. The van der Waals surface area contributed by atoms with E-state index in [2.05, 4.69) is 5.10 Å². The monoisotopic (exact) mass is 212 g/mol. The third kappa shape index (κ3) is 2.09. The Kier molecular flexibility index (Phi) is 2.77. The number of ether oxygens (including phenoxy) is 1. The van der Waals surface area contributed by atoms with E-state index in [1.807, 2.05) is 11.8 Å². The van der Waals surface area contributed by atoms with Crippen molar-refractivity contribution in [2.24, 2.45) is 7.05 Å². The van der Waals surface area contributed by atoms with E-state index in [1.165, 1.54) is 10.7 Å². The summed E-state index contributed by atoms with van der Waals surface area (Å²) in [4.78, 5) is 11.0. The van der Waals surface area contributed by atoms with Gasteiger partial charge in [0.05, 0.1) is 0 Å². The van der Waals surface area contributed by atoms with Crippen LogP contribution in [0.4, 0.5) is 0 Å². The third-order valence-electron chi connectivity index (χ3n) is 2.11. The van der Waals surface area contributed by atoms with Crippen LogP contribution < -0.4 is 10.3 Å². The van der Waals surface area contributed by atoms with E-state index in [-0.39, 0.29) is 11.7 Å². The highest BCUT2D eigenvalue weighted by Crippen LogP contribution is 2.21. The van der Waals surface area contributed by atoms with Gasteiger partial charge in [-0.2, -0.15) is 11.8 Å². The fourth-order valence-corrected chi connectivity index (χ4v) is 2.41. The lowest BCUT2D eigenvalue weighted by Crippen LogP contribution is -2.21. The highest BCUT2D eigenvalue weighted by Gasteiger charge is 2.17. The van der Waals surface area contributed by atoms with Crippen molar-refractivity contribution in [2.45, 2.75) is 12.5 Å². The number of hydrogen-bond acceptors (Lipinski definition) is 4. The molecule has 0 spiro atoms. The summed E-state index contributed by atoms with van der Waals surface area (Å²) in [5.74, 6) is 2.71. The average molecular weight is 212 g/mol. The van der Waals surface area contributed by atoms with Crippen molar-refractivity contribution in [1.29, 1.82) is 0 Å². The Morgan fingerprint density at radius 3 is 3.14 bits per heavy atom. The molecule has 1 unspecified atom stereocenters. The van der Waals surface area contributed by atoms with Crippen LogP contribution in [0.1, 0.15) is 6.42 Å². The second-order valence-electron chi connectivity index (χ2n) is 3.24. The zero-order chi connectivity index (χ0) is 9.97. The molecule has 0 bridgehead atoms.